The molecule has 1 amide bonds. The van der Waals surface area contributed by atoms with Crippen molar-refractivity contribution in [2.45, 2.75) is 18.9 Å². The van der Waals surface area contributed by atoms with Gasteiger partial charge in [0.2, 0.25) is 0 Å². The van der Waals surface area contributed by atoms with Crippen LogP contribution in [0, 0.1) is 0 Å². The molecular formula is C13H18N2O2. The minimum absolute atomic E-state index is 0.0363. The molecule has 0 aliphatic carbocycles. The molecule has 17 heavy (non-hydrogen) atoms. The molecule has 1 aromatic rings. The van der Waals surface area contributed by atoms with Gasteiger partial charge in [0.05, 0.1) is 5.56 Å². The van der Waals surface area contributed by atoms with Crippen LogP contribution in [0.2, 0.25) is 0 Å². The lowest BCUT2D eigenvalue weighted by Crippen LogP contribution is -2.46. The Kier molecular flexibility index (Phi) is 3.64. The summed E-state index contributed by atoms with van der Waals surface area (Å²) in [6, 6.07) is 6.81. The molecular weight excluding hydrogens is 216 g/mol. The van der Waals surface area contributed by atoms with Gasteiger partial charge in [0.25, 0.3) is 5.91 Å². The van der Waals surface area contributed by atoms with Gasteiger partial charge in [-0.05, 0) is 38.6 Å². The van der Waals surface area contributed by atoms with Crippen LogP contribution in [0.4, 0.5) is 0 Å². The van der Waals surface area contributed by atoms with E-state index in [1.165, 1.54) is 6.07 Å². The number of nitrogens with zero attached hydrogens (tertiary/aromatic N) is 1. The van der Waals surface area contributed by atoms with Crippen molar-refractivity contribution in [2.24, 2.45) is 0 Å². The van der Waals surface area contributed by atoms with E-state index in [1.807, 2.05) is 0 Å². The molecule has 2 rings (SSSR count). The standard InChI is InChI=1S/C13H18N2O2/c1-15-8-4-5-10(9-15)14-13(17)11-6-2-3-7-12(11)16/h2-3,6-7,10,16H,4-5,8-9H2,1H3,(H,14,17). The third-order valence-corrected chi connectivity index (χ3v) is 3.11. The van der Waals surface area contributed by atoms with E-state index >= 15 is 0 Å². The first-order valence-corrected chi connectivity index (χ1v) is 5.94. The highest BCUT2D eigenvalue weighted by Gasteiger charge is 2.20. The number of carbonyl (C=O) groups is 1. The second-order valence-electron chi connectivity index (χ2n) is 4.59. The second-order valence-corrected chi connectivity index (χ2v) is 4.59. The molecule has 0 spiro atoms. The molecule has 1 atom stereocenters. The van der Waals surface area contributed by atoms with Gasteiger partial charge < -0.3 is 15.3 Å². The number of rotatable bonds is 2. The third kappa shape index (κ3) is 2.97. The number of carbonyl (C=O) groups excluding carboxylic acids is 1. The predicted molar refractivity (Wildman–Crippen MR) is 66.1 cm³/mol. The molecule has 1 fully saturated rings. The molecule has 4 nitrogen and oxygen atoms in total. The summed E-state index contributed by atoms with van der Waals surface area (Å²) in [7, 11) is 2.05. The lowest BCUT2D eigenvalue weighted by Gasteiger charge is -2.30. The highest BCUT2D eigenvalue weighted by molar-refractivity contribution is 5.96. The van der Waals surface area contributed by atoms with Crippen molar-refractivity contribution in [1.29, 1.82) is 0 Å². The number of benzene rings is 1. The van der Waals surface area contributed by atoms with Gasteiger partial charge in [-0.1, -0.05) is 12.1 Å². The van der Waals surface area contributed by atoms with E-state index in [2.05, 4.69) is 17.3 Å². The molecule has 1 saturated heterocycles. The first-order chi connectivity index (χ1) is 8.16. The first kappa shape index (κ1) is 11.9. The first-order valence-electron chi connectivity index (χ1n) is 5.94. The summed E-state index contributed by atoms with van der Waals surface area (Å²) < 4.78 is 0. The van der Waals surface area contributed by atoms with Gasteiger partial charge in [0, 0.05) is 12.6 Å². The van der Waals surface area contributed by atoms with Crippen molar-refractivity contribution in [2.75, 3.05) is 20.1 Å². The Morgan fingerprint density at radius 3 is 2.94 bits per heavy atom. The number of phenols is 1. The fraction of sp³-hybridized carbons (Fsp3) is 0.462. The van der Waals surface area contributed by atoms with Crippen LogP contribution in [0.25, 0.3) is 0 Å². The Balaban J connectivity index is 1.99. The van der Waals surface area contributed by atoms with Crippen molar-refractivity contribution < 1.29 is 9.90 Å². The normalized spacial score (nSPS) is 21.1. The molecule has 1 aromatic carbocycles. The number of likely N-dealkylation sites (tertiary alicyclic amines) is 1. The Morgan fingerprint density at radius 1 is 1.47 bits per heavy atom. The van der Waals surface area contributed by atoms with Crippen LogP contribution in [0.15, 0.2) is 24.3 Å². The molecule has 1 heterocycles. The van der Waals surface area contributed by atoms with Crippen LogP contribution in [0.5, 0.6) is 5.75 Å². The third-order valence-electron chi connectivity index (χ3n) is 3.11. The monoisotopic (exact) mass is 234 g/mol. The Morgan fingerprint density at radius 2 is 2.24 bits per heavy atom. The van der Waals surface area contributed by atoms with Crippen molar-refractivity contribution in [3.05, 3.63) is 29.8 Å². The van der Waals surface area contributed by atoms with E-state index in [0.717, 1.165) is 25.9 Å². The lowest BCUT2D eigenvalue weighted by molar-refractivity contribution is 0.0910. The predicted octanol–water partition coefficient (Wildman–Crippen LogP) is 1.22. The summed E-state index contributed by atoms with van der Waals surface area (Å²) in [6.45, 7) is 1.96. The highest BCUT2D eigenvalue weighted by Crippen LogP contribution is 2.16. The summed E-state index contributed by atoms with van der Waals surface area (Å²) in [5.74, 6) is -0.155. The molecule has 2 N–H and O–H groups in total. The number of hydrogen-bond acceptors (Lipinski definition) is 3. The van der Waals surface area contributed by atoms with Gasteiger partial charge in [0.1, 0.15) is 5.75 Å². The SMILES string of the molecule is CN1CCCC(NC(=O)c2ccccc2O)C1. The molecule has 92 valence electrons. The van der Waals surface area contributed by atoms with E-state index < -0.39 is 0 Å². The minimum atomic E-state index is -0.191. The Bertz CT molecular complexity index is 406. The van der Waals surface area contributed by atoms with E-state index in [4.69, 9.17) is 0 Å². The van der Waals surface area contributed by atoms with Gasteiger partial charge in [-0.25, -0.2) is 0 Å². The van der Waals surface area contributed by atoms with E-state index in [-0.39, 0.29) is 17.7 Å². The fourth-order valence-electron chi connectivity index (χ4n) is 2.21. The number of amides is 1. The lowest BCUT2D eigenvalue weighted by atomic mass is 10.1. The molecule has 4 heteroatoms. The molecule has 0 saturated carbocycles. The summed E-state index contributed by atoms with van der Waals surface area (Å²) in [4.78, 5) is 14.2. The Labute approximate surface area is 101 Å². The zero-order chi connectivity index (χ0) is 12.3. The molecule has 0 radical (unpaired) electrons. The molecule has 1 aliphatic rings. The minimum Gasteiger partial charge on any atom is -0.507 e. The number of likely N-dealkylation sites (N-methyl/N-ethyl adjacent to an activating group) is 1. The van der Waals surface area contributed by atoms with Crippen LogP contribution < -0.4 is 5.32 Å². The number of phenolic OH excluding ortho intramolecular Hbond substituents is 1. The van der Waals surface area contributed by atoms with Gasteiger partial charge in [-0.3, -0.25) is 4.79 Å². The van der Waals surface area contributed by atoms with Crippen molar-refractivity contribution in [1.82, 2.24) is 10.2 Å². The fourth-order valence-corrected chi connectivity index (χ4v) is 2.21. The van der Waals surface area contributed by atoms with E-state index in [1.54, 1.807) is 18.2 Å². The molecule has 1 unspecified atom stereocenters. The quantitative estimate of drug-likeness (QED) is 0.809. The largest absolute Gasteiger partial charge is 0.507 e. The maximum Gasteiger partial charge on any atom is 0.255 e. The topological polar surface area (TPSA) is 52.6 Å². The summed E-state index contributed by atoms with van der Waals surface area (Å²) in [5, 5.41) is 12.6. The average molecular weight is 234 g/mol. The second kappa shape index (κ2) is 5.19. The zero-order valence-corrected chi connectivity index (χ0v) is 10.0. The zero-order valence-electron chi connectivity index (χ0n) is 10.0. The average Bonchev–Trinajstić information content (AvgIpc) is 2.29. The van der Waals surface area contributed by atoms with Crippen LogP contribution in [-0.4, -0.2) is 42.1 Å². The van der Waals surface area contributed by atoms with Gasteiger partial charge in [-0.15, -0.1) is 0 Å². The smallest absolute Gasteiger partial charge is 0.255 e. The number of nitrogens with one attached hydrogen (secondary N) is 1. The van der Waals surface area contributed by atoms with Gasteiger partial charge in [0.15, 0.2) is 0 Å². The summed E-state index contributed by atoms with van der Waals surface area (Å²) in [5.41, 5.74) is 0.348. The number of piperidine rings is 1. The van der Waals surface area contributed by atoms with Gasteiger partial charge in [-0.2, -0.15) is 0 Å². The van der Waals surface area contributed by atoms with Crippen molar-refractivity contribution in [3.8, 4) is 5.75 Å². The van der Waals surface area contributed by atoms with E-state index in [9.17, 15) is 9.90 Å². The number of hydrogen-bond donors (Lipinski definition) is 2. The summed E-state index contributed by atoms with van der Waals surface area (Å²) >= 11 is 0. The van der Waals surface area contributed by atoms with Crippen LogP contribution >= 0.6 is 0 Å². The molecule has 0 aromatic heterocycles. The van der Waals surface area contributed by atoms with Crippen LogP contribution in [0.1, 0.15) is 23.2 Å². The summed E-state index contributed by atoms with van der Waals surface area (Å²) in [6.07, 6.45) is 2.10. The maximum absolute atomic E-state index is 12.0. The van der Waals surface area contributed by atoms with Crippen molar-refractivity contribution >= 4 is 5.91 Å². The number of para-hydroxylation sites is 1. The van der Waals surface area contributed by atoms with Crippen LogP contribution in [0.3, 0.4) is 0 Å². The van der Waals surface area contributed by atoms with Crippen LogP contribution in [-0.2, 0) is 0 Å². The van der Waals surface area contributed by atoms with E-state index in [0.29, 0.717) is 5.56 Å². The molecule has 0 bridgehead atoms. The Hall–Kier alpha value is -1.55. The van der Waals surface area contributed by atoms with Crippen molar-refractivity contribution in [3.63, 3.8) is 0 Å². The van der Waals surface area contributed by atoms with Gasteiger partial charge >= 0.3 is 0 Å². The molecule has 1 aliphatic heterocycles. The highest BCUT2D eigenvalue weighted by atomic mass is 16.3. The number of aromatic hydroxyl groups is 1. The maximum atomic E-state index is 12.0.